The van der Waals surface area contributed by atoms with Gasteiger partial charge in [-0.25, -0.2) is 0 Å². The van der Waals surface area contributed by atoms with E-state index in [-0.39, 0.29) is 5.41 Å². The first-order chi connectivity index (χ1) is 14.1. The maximum Gasteiger partial charge on any atom is 0.119 e. The fourth-order valence-electron chi connectivity index (χ4n) is 4.59. The molecule has 0 heterocycles. The fraction of sp³-hybridized carbons (Fsp3) is 0.519. The second-order valence-electron chi connectivity index (χ2n) is 8.88. The van der Waals surface area contributed by atoms with Crippen LogP contribution in [0.25, 0.3) is 11.1 Å². The SMILES string of the molecule is CCCOc1ccc(-c2ccc(C3CCC(C#N)(C[C@H](C)CC)CC3)cc2)cc1. The van der Waals surface area contributed by atoms with E-state index >= 15 is 0 Å². The first kappa shape index (κ1) is 21.4. The zero-order valence-corrected chi connectivity index (χ0v) is 18.3. The molecule has 0 unspecified atom stereocenters. The Morgan fingerprint density at radius 3 is 2.10 bits per heavy atom. The highest BCUT2D eigenvalue weighted by atomic mass is 16.5. The standard InChI is InChI=1S/C27H35NO/c1-4-18-29-26-12-10-24(11-13-26)22-6-8-23(9-7-22)25-14-16-27(20-28,17-15-25)19-21(3)5-2/h6-13,21,25H,4-5,14-19H2,1-3H3/t21-,25?,27?/m1/s1. The van der Waals surface area contributed by atoms with E-state index in [4.69, 9.17) is 4.74 Å². The summed E-state index contributed by atoms with van der Waals surface area (Å²) in [5, 5.41) is 9.81. The lowest BCUT2D eigenvalue weighted by atomic mass is 9.66. The lowest BCUT2D eigenvalue weighted by Crippen LogP contribution is -2.27. The van der Waals surface area contributed by atoms with E-state index in [1.165, 1.54) is 23.1 Å². The van der Waals surface area contributed by atoms with Gasteiger partial charge in [-0.3, -0.25) is 0 Å². The summed E-state index contributed by atoms with van der Waals surface area (Å²) in [7, 11) is 0. The summed E-state index contributed by atoms with van der Waals surface area (Å²) < 4.78 is 5.68. The normalized spacial score (nSPS) is 22.6. The van der Waals surface area contributed by atoms with Gasteiger partial charge >= 0.3 is 0 Å². The molecule has 0 saturated heterocycles. The highest BCUT2D eigenvalue weighted by Crippen LogP contribution is 2.46. The second kappa shape index (κ2) is 9.97. The Kier molecular flexibility index (Phi) is 7.37. The molecule has 1 aliphatic carbocycles. The van der Waals surface area contributed by atoms with Crippen LogP contribution in [-0.4, -0.2) is 6.61 Å². The summed E-state index contributed by atoms with van der Waals surface area (Å²) in [4.78, 5) is 0. The van der Waals surface area contributed by atoms with Crippen molar-refractivity contribution in [2.24, 2.45) is 11.3 Å². The number of benzene rings is 2. The second-order valence-corrected chi connectivity index (χ2v) is 8.88. The smallest absolute Gasteiger partial charge is 0.119 e. The van der Waals surface area contributed by atoms with Gasteiger partial charge in [-0.05, 0) is 79.2 Å². The first-order valence-corrected chi connectivity index (χ1v) is 11.3. The Bertz CT molecular complexity index is 792. The average molecular weight is 390 g/mol. The van der Waals surface area contributed by atoms with Gasteiger partial charge in [-0.1, -0.05) is 63.6 Å². The van der Waals surface area contributed by atoms with Crippen molar-refractivity contribution in [3.63, 3.8) is 0 Å². The summed E-state index contributed by atoms with van der Waals surface area (Å²) in [6.07, 6.45) is 7.60. The van der Waals surface area contributed by atoms with Gasteiger partial charge in [0.2, 0.25) is 0 Å². The van der Waals surface area contributed by atoms with Gasteiger partial charge in [0.1, 0.15) is 5.75 Å². The number of nitriles is 1. The molecule has 3 rings (SSSR count). The van der Waals surface area contributed by atoms with Crippen molar-refractivity contribution < 1.29 is 4.74 Å². The number of ether oxygens (including phenoxy) is 1. The first-order valence-electron chi connectivity index (χ1n) is 11.3. The molecular weight excluding hydrogens is 354 g/mol. The summed E-state index contributed by atoms with van der Waals surface area (Å²) in [5.41, 5.74) is 3.80. The summed E-state index contributed by atoms with van der Waals surface area (Å²) in [6.45, 7) is 7.40. The number of nitrogens with zero attached hydrogens (tertiary/aromatic N) is 1. The lowest BCUT2D eigenvalue weighted by Gasteiger charge is -2.36. The Balaban J connectivity index is 1.62. The third kappa shape index (κ3) is 5.41. The van der Waals surface area contributed by atoms with Gasteiger partial charge in [0.25, 0.3) is 0 Å². The molecule has 0 bridgehead atoms. The topological polar surface area (TPSA) is 33.0 Å². The van der Waals surface area contributed by atoms with Crippen LogP contribution in [0.3, 0.4) is 0 Å². The third-order valence-electron chi connectivity index (χ3n) is 6.66. The molecule has 0 aliphatic heterocycles. The largest absolute Gasteiger partial charge is 0.494 e. The summed E-state index contributed by atoms with van der Waals surface area (Å²) in [6, 6.07) is 20.1. The minimum Gasteiger partial charge on any atom is -0.494 e. The van der Waals surface area contributed by atoms with Crippen LogP contribution < -0.4 is 4.74 Å². The van der Waals surface area contributed by atoms with E-state index in [0.717, 1.165) is 50.9 Å². The molecule has 0 aromatic heterocycles. The molecule has 0 radical (unpaired) electrons. The fourth-order valence-corrected chi connectivity index (χ4v) is 4.59. The Morgan fingerprint density at radius 1 is 1.00 bits per heavy atom. The molecule has 0 N–H and O–H groups in total. The van der Waals surface area contributed by atoms with Crippen LogP contribution >= 0.6 is 0 Å². The van der Waals surface area contributed by atoms with Gasteiger partial charge in [0, 0.05) is 0 Å². The van der Waals surface area contributed by atoms with Crippen molar-refractivity contribution in [3.05, 3.63) is 54.1 Å². The average Bonchev–Trinajstić information content (AvgIpc) is 2.78. The quantitative estimate of drug-likeness (QED) is 0.462. The maximum absolute atomic E-state index is 9.81. The van der Waals surface area contributed by atoms with Gasteiger partial charge in [0.05, 0.1) is 18.1 Å². The number of hydrogen-bond donors (Lipinski definition) is 0. The highest BCUT2D eigenvalue weighted by molar-refractivity contribution is 5.64. The van der Waals surface area contributed by atoms with Gasteiger partial charge in [0.15, 0.2) is 0 Å². The molecule has 0 amide bonds. The third-order valence-corrected chi connectivity index (χ3v) is 6.66. The molecular formula is C27H35NO. The van der Waals surface area contributed by atoms with Crippen LogP contribution in [0.4, 0.5) is 0 Å². The van der Waals surface area contributed by atoms with E-state index in [1.54, 1.807) is 0 Å². The number of hydrogen-bond acceptors (Lipinski definition) is 2. The van der Waals surface area contributed by atoms with E-state index in [2.05, 4.69) is 75.4 Å². The van der Waals surface area contributed by atoms with Crippen LogP contribution in [0.2, 0.25) is 0 Å². The van der Waals surface area contributed by atoms with Gasteiger partial charge in [-0.2, -0.15) is 5.26 Å². The Hall–Kier alpha value is -2.27. The molecule has 2 nitrogen and oxygen atoms in total. The van der Waals surface area contributed by atoms with Gasteiger partial charge < -0.3 is 4.74 Å². The zero-order chi connectivity index (χ0) is 20.7. The van der Waals surface area contributed by atoms with Crippen LogP contribution in [0.1, 0.15) is 77.2 Å². The molecule has 1 saturated carbocycles. The number of rotatable bonds is 8. The Labute approximate surface area is 176 Å². The predicted octanol–water partition coefficient (Wildman–Crippen LogP) is 7.75. The molecule has 1 aliphatic rings. The molecule has 154 valence electrons. The van der Waals surface area contributed by atoms with Crippen molar-refractivity contribution in [2.45, 2.75) is 71.6 Å². The maximum atomic E-state index is 9.81. The van der Waals surface area contributed by atoms with Crippen LogP contribution in [0, 0.1) is 22.7 Å². The molecule has 0 spiro atoms. The molecule has 1 atom stereocenters. The summed E-state index contributed by atoms with van der Waals surface area (Å²) >= 11 is 0. The van der Waals surface area contributed by atoms with Gasteiger partial charge in [-0.15, -0.1) is 0 Å². The predicted molar refractivity (Wildman–Crippen MR) is 121 cm³/mol. The molecule has 2 aromatic rings. The van der Waals surface area contributed by atoms with E-state index in [1.807, 2.05) is 0 Å². The van der Waals surface area contributed by atoms with E-state index < -0.39 is 0 Å². The van der Waals surface area contributed by atoms with Crippen molar-refractivity contribution in [2.75, 3.05) is 6.61 Å². The van der Waals surface area contributed by atoms with E-state index in [0.29, 0.717) is 11.8 Å². The van der Waals surface area contributed by atoms with E-state index in [9.17, 15) is 5.26 Å². The minimum absolute atomic E-state index is 0.0898. The summed E-state index contributed by atoms with van der Waals surface area (Å²) in [5.74, 6) is 2.17. The Morgan fingerprint density at radius 2 is 1.59 bits per heavy atom. The van der Waals surface area contributed by atoms with Crippen molar-refractivity contribution in [1.82, 2.24) is 0 Å². The van der Waals surface area contributed by atoms with Crippen LogP contribution in [0.15, 0.2) is 48.5 Å². The molecule has 2 aromatic carbocycles. The van der Waals surface area contributed by atoms with Crippen LogP contribution in [-0.2, 0) is 0 Å². The zero-order valence-electron chi connectivity index (χ0n) is 18.3. The highest BCUT2D eigenvalue weighted by Gasteiger charge is 2.36. The molecule has 29 heavy (non-hydrogen) atoms. The molecule has 1 fully saturated rings. The minimum atomic E-state index is -0.0898. The van der Waals surface area contributed by atoms with Crippen molar-refractivity contribution in [3.8, 4) is 22.9 Å². The van der Waals surface area contributed by atoms with Crippen molar-refractivity contribution in [1.29, 1.82) is 5.26 Å². The van der Waals surface area contributed by atoms with Crippen molar-refractivity contribution >= 4 is 0 Å². The molecule has 2 heteroatoms. The van der Waals surface area contributed by atoms with Crippen LogP contribution in [0.5, 0.6) is 5.75 Å². The monoisotopic (exact) mass is 389 g/mol. The lowest BCUT2D eigenvalue weighted by molar-refractivity contribution is 0.198.